The number of pyridine rings is 1. The molecule has 0 radical (unpaired) electrons. The monoisotopic (exact) mass is 175 g/mol. The first-order valence-electron chi connectivity index (χ1n) is 4.79. The van der Waals surface area contributed by atoms with E-state index in [-0.39, 0.29) is 0 Å². The van der Waals surface area contributed by atoms with Crippen LogP contribution in [-0.2, 0) is 4.79 Å². The molecule has 0 spiro atoms. The summed E-state index contributed by atoms with van der Waals surface area (Å²) in [7, 11) is 0. The largest absolute Gasteiger partial charge is 0.300 e. The predicted molar refractivity (Wildman–Crippen MR) is 50.5 cm³/mol. The van der Waals surface area contributed by atoms with E-state index < -0.39 is 0 Å². The number of Topliss-reactive ketones (excluding diaryl/α,β-unsaturated/α-hetero) is 1. The summed E-state index contributed by atoms with van der Waals surface area (Å²) in [6.45, 7) is 0. The maximum atomic E-state index is 11.0. The molecule has 0 amide bonds. The van der Waals surface area contributed by atoms with Crippen LogP contribution in [0.5, 0.6) is 0 Å². The molecule has 1 saturated carbocycles. The van der Waals surface area contributed by atoms with Gasteiger partial charge in [-0.3, -0.25) is 9.78 Å². The van der Waals surface area contributed by atoms with Gasteiger partial charge in [0, 0.05) is 30.7 Å². The van der Waals surface area contributed by atoms with Gasteiger partial charge in [-0.15, -0.1) is 0 Å². The van der Waals surface area contributed by atoms with E-state index in [1.807, 2.05) is 18.3 Å². The van der Waals surface area contributed by atoms with Gasteiger partial charge < -0.3 is 0 Å². The van der Waals surface area contributed by atoms with Gasteiger partial charge in [0.1, 0.15) is 5.78 Å². The lowest BCUT2D eigenvalue weighted by atomic mass is 9.86. The van der Waals surface area contributed by atoms with Crippen LogP contribution in [0.2, 0.25) is 0 Å². The molecular formula is C11H13NO. The highest BCUT2D eigenvalue weighted by atomic mass is 16.1. The molecule has 0 bridgehead atoms. The molecule has 13 heavy (non-hydrogen) atoms. The standard InChI is InChI=1S/C11H13NO/c13-10-6-4-9(5-7-10)11-3-1-2-8-12-11/h1-3,8-9H,4-7H2. The second kappa shape index (κ2) is 3.69. The first-order valence-corrected chi connectivity index (χ1v) is 4.79. The lowest BCUT2D eigenvalue weighted by Gasteiger charge is -2.19. The zero-order chi connectivity index (χ0) is 9.10. The molecule has 1 heterocycles. The smallest absolute Gasteiger partial charge is 0.132 e. The second-order valence-electron chi connectivity index (χ2n) is 3.57. The third-order valence-electron chi connectivity index (χ3n) is 2.65. The summed E-state index contributed by atoms with van der Waals surface area (Å²) >= 11 is 0. The minimum Gasteiger partial charge on any atom is -0.300 e. The van der Waals surface area contributed by atoms with Crippen molar-refractivity contribution in [2.45, 2.75) is 31.6 Å². The summed E-state index contributed by atoms with van der Waals surface area (Å²) in [6, 6.07) is 6.00. The zero-order valence-corrected chi connectivity index (χ0v) is 7.57. The van der Waals surface area contributed by atoms with E-state index in [1.54, 1.807) is 0 Å². The fraction of sp³-hybridized carbons (Fsp3) is 0.455. The predicted octanol–water partition coefficient (Wildman–Crippen LogP) is 2.31. The van der Waals surface area contributed by atoms with Crippen molar-refractivity contribution in [1.29, 1.82) is 0 Å². The molecule has 0 aliphatic heterocycles. The van der Waals surface area contributed by atoms with Crippen LogP contribution in [-0.4, -0.2) is 10.8 Å². The van der Waals surface area contributed by atoms with E-state index in [1.165, 1.54) is 0 Å². The normalized spacial score (nSPS) is 18.9. The maximum Gasteiger partial charge on any atom is 0.132 e. The molecule has 0 saturated heterocycles. The lowest BCUT2D eigenvalue weighted by Crippen LogP contribution is -2.13. The van der Waals surface area contributed by atoms with Gasteiger partial charge in [0.15, 0.2) is 0 Å². The Bertz CT molecular complexity index is 284. The first kappa shape index (κ1) is 8.42. The van der Waals surface area contributed by atoms with Gasteiger partial charge in [-0.05, 0) is 25.0 Å². The van der Waals surface area contributed by atoms with Crippen molar-refractivity contribution < 1.29 is 4.79 Å². The molecule has 1 aromatic rings. The molecule has 2 nitrogen and oxygen atoms in total. The van der Waals surface area contributed by atoms with Crippen molar-refractivity contribution in [3.63, 3.8) is 0 Å². The number of ketones is 1. The molecule has 0 aromatic carbocycles. The highest BCUT2D eigenvalue weighted by Crippen LogP contribution is 2.29. The van der Waals surface area contributed by atoms with E-state index in [9.17, 15) is 4.79 Å². The topological polar surface area (TPSA) is 30.0 Å². The molecule has 1 aliphatic carbocycles. The maximum absolute atomic E-state index is 11.0. The Hall–Kier alpha value is -1.18. The highest BCUT2D eigenvalue weighted by Gasteiger charge is 2.20. The van der Waals surface area contributed by atoms with Crippen LogP contribution < -0.4 is 0 Å². The van der Waals surface area contributed by atoms with Crippen LogP contribution in [0, 0.1) is 0 Å². The van der Waals surface area contributed by atoms with E-state index in [0.717, 1.165) is 31.4 Å². The van der Waals surface area contributed by atoms with Crippen LogP contribution in [0.25, 0.3) is 0 Å². The van der Waals surface area contributed by atoms with Gasteiger partial charge in [-0.25, -0.2) is 0 Å². The fourth-order valence-corrected chi connectivity index (χ4v) is 1.85. The molecule has 0 N–H and O–H groups in total. The number of aromatic nitrogens is 1. The average Bonchev–Trinajstić information content (AvgIpc) is 2.20. The quantitative estimate of drug-likeness (QED) is 0.655. The van der Waals surface area contributed by atoms with E-state index in [2.05, 4.69) is 11.1 Å². The highest BCUT2D eigenvalue weighted by molar-refractivity contribution is 5.79. The summed E-state index contributed by atoms with van der Waals surface area (Å²) < 4.78 is 0. The van der Waals surface area contributed by atoms with Crippen LogP contribution >= 0.6 is 0 Å². The van der Waals surface area contributed by atoms with Crippen molar-refractivity contribution in [3.05, 3.63) is 30.1 Å². The third kappa shape index (κ3) is 1.94. The van der Waals surface area contributed by atoms with Crippen LogP contribution in [0.3, 0.4) is 0 Å². The van der Waals surface area contributed by atoms with Gasteiger partial charge >= 0.3 is 0 Å². The Morgan fingerprint density at radius 1 is 1.23 bits per heavy atom. The molecule has 2 rings (SSSR count). The Morgan fingerprint density at radius 2 is 2.00 bits per heavy atom. The summed E-state index contributed by atoms with van der Waals surface area (Å²) in [5.41, 5.74) is 1.15. The number of carbonyl (C=O) groups is 1. The summed E-state index contributed by atoms with van der Waals surface area (Å²) in [5, 5.41) is 0. The summed E-state index contributed by atoms with van der Waals surface area (Å²) in [4.78, 5) is 15.3. The van der Waals surface area contributed by atoms with Gasteiger partial charge in [0.25, 0.3) is 0 Å². The summed E-state index contributed by atoms with van der Waals surface area (Å²) in [6.07, 6.45) is 5.26. The Morgan fingerprint density at radius 3 is 2.62 bits per heavy atom. The molecule has 68 valence electrons. The molecule has 1 fully saturated rings. The van der Waals surface area contributed by atoms with Crippen LogP contribution in [0.4, 0.5) is 0 Å². The van der Waals surface area contributed by atoms with Gasteiger partial charge in [0.2, 0.25) is 0 Å². The minimum absolute atomic E-state index is 0.409. The van der Waals surface area contributed by atoms with Crippen molar-refractivity contribution in [2.24, 2.45) is 0 Å². The number of carbonyl (C=O) groups excluding carboxylic acids is 1. The van der Waals surface area contributed by atoms with Crippen LogP contribution in [0.15, 0.2) is 24.4 Å². The Balaban J connectivity index is 2.07. The fourth-order valence-electron chi connectivity index (χ4n) is 1.85. The van der Waals surface area contributed by atoms with Crippen molar-refractivity contribution in [1.82, 2.24) is 4.98 Å². The third-order valence-corrected chi connectivity index (χ3v) is 2.65. The molecular weight excluding hydrogens is 162 g/mol. The number of hydrogen-bond donors (Lipinski definition) is 0. The van der Waals surface area contributed by atoms with Crippen molar-refractivity contribution >= 4 is 5.78 Å². The molecule has 1 aliphatic rings. The molecule has 0 atom stereocenters. The Kier molecular flexibility index (Phi) is 2.39. The summed E-state index contributed by atoms with van der Waals surface area (Å²) in [5.74, 6) is 0.922. The van der Waals surface area contributed by atoms with E-state index in [4.69, 9.17) is 0 Å². The average molecular weight is 175 g/mol. The zero-order valence-electron chi connectivity index (χ0n) is 7.57. The molecule has 2 heteroatoms. The number of rotatable bonds is 1. The first-order chi connectivity index (χ1) is 6.36. The van der Waals surface area contributed by atoms with E-state index >= 15 is 0 Å². The van der Waals surface area contributed by atoms with Crippen molar-refractivity contribution in [2.75, 3.05) is 0 Å². The Labute approximate surface area is 78.0 Å². The lowest BCUT2D eigenvalue weighted by molar-refractivity contribution is -0.120. The number of hydrogen-bond acceptors (Lipinski definition) is 2. The van der Waals surface area contributed by atoms with Gasteiger partial charge in [-0.2, -0.15) is 0 Å². The van der Waals surface area contributed by atoms with Gasteiger partial charge in [0.05, 0.1) is 0 Å². The SMILES string of the molecule is O=C1CCC(c2ccccn2)CC1. The minimum atomic E-state index is 0.409. The van der Waals surface area contributed by atoms with Crippen molar-refractivity contribution in [3.8, 4) is 0 Å². The van der Waals surface area contributed by atoms with Crippen LogP contribution in [0.1, 0.15) is 37.3 Å². The molecule has 1 aromatic heterocycles. The second-order valence-corrected chi connectivity index (χ2v) is 3.57. The van der Waals surface area contributed by atoms with Gasteiger partial charge in [-0.1, -0.05) is 6.07 Å². The van der Waals surface area contributed by atoms with E-state index in [0.29, 0.717) is 11.7 Å². The number of nitrogens with zero attached hydrogens (tertiary/aromatic N) is 1. The molecule has 0 unspecified atom stereocenters.